The topological polar surface area (TPSA) is 70.7 Å². The van der Waals surface area contributed by atoms with Gasteiger partial charge in [0, 0.05) is 23.5 Å². The Morgan fingerprint density at radius 1 is 1.04 bits per heavy atom. The molecule has 2 heterocycles. The Labute approximate surface area is 148 Å². The number of fused-ring (bicyclic) bond motifs is 1. The van der Waals surface area contributed by atoms with Crippen LogP contribution in [-0.2, 0) is 17.6 Å². The first-order chi connectivity index (χ1) is 12.3. The zero-order valence-electron chi connectivity index (χ0n) is 13.4. The second kappa shape index (κ2) is 6.86. The zero-order chi connectivity index (χ0) is 17.1. The summed E-state index contributed by atoms with van der Waals surface area (Å²) in [5, 5.41) is 13.6. The maximum atomic E-state index is 12.3. The monoisotopic (exact) mass is 348 g/mol. The highest BCUT2D eigenvalue weighted by molar-refractivity contribution is 7.15. The van der Waals surface area contributed by atoms with E-state index in [0.717, 1.165) is 27.9 Å². The molecule has 0 atom stereocenters. The van der Waals surface area contributed by atoms with E-state index in [2.05, 4.69) is 32.6 Å². The lowest BCUT2D eigenvalue weighted by Gasteiger charge is -2.00. The number of rotatable bonds is 5. The first-order valence-electron chi connectivity index (χ1n) is 7.99. The minimum Gasteiger partial charge on any atom is -0.361 e. The fraction of sp³-hybridized carbons (Fsp3) is 0.105. The van der Waals surface area contributed by atoms with E-state index in [0.29, 0.717) is 11.6 Å². The quantitative estimate of drug-likeness (QED) is 0.576. The highest BCUT2D eigenvalue weighted by Crippen LogP contribution is 2.21. The molecule has 0 saturated heterocycles. The molecule has 2 N–H and O–H groups in total. The van der Waals surface area contributed by atoms with Gasteiger partial charge in [0.25, 0.3) is 0 Å². The van der Waals surface area contributed by atoms with Crippen LogP contribution in [0.3, 0.4) is 0 Å². The van der Waals surface area contributed by atoms with Gasteiger partial charge in [-0.15, -0.1) is 10.2 Å². The van der Waals surface area contributed by atoms with Crippen molar-refractivity contribution in [1.82, 2.24) is 15.2 Å². The van der Waals surface area contributed by atoms with Gasteiger partial charge in [0.1, 0.15) is 5.01 Å². The van der Waals surface area contributed by atoms with Crippen LogP contribution < -0.4 is 5.32 Å². The lowest BCUT2D eigenvalue weighted by Crippen LogP contribution is -2.14. The molecule has 0 aliphatic rings. The number of amides is 1. The third kappa shape index (κ3) is 3.59. The van der Waals surface area contributed by atoms with Crippen LogP contribution in [0.25, 0.3) is 10.9 Å². The second-order valence-electron chi connectivity index (χ2n) is 5.75. The van der Waals surface area contributed by atoms with E-state index in [9.17, 15) is 4.79 Å². The predicted octanol–water partition coefficient (Wildman–Crippen LogP) is 3.79. The summed E-state index contributed by atoms with van der Waals surface area (Å²) in [7, 11) is 0. The SMILES string of the molecule is O=C(Cc1c[nH]c2ccccc12)Nc1nnc(Cc2ccccc2)s1. The number of nitrogens with one attached hydrogen (secondary N) is 2. The van der Waals surface area contributed by atoms with Crippen LogP contribution in [0.15, 0.2) is 60.8 Å². The second-order valence-corrected chi connectivity index (χ2v) is 6.81. The number of para-hydroxylation sites is 1. The first kappa shape index (κ1) is 15.5. The summed E-state index contributed by atoms with van der Waals surface area (Å²) < 4.78 is 0. The summed E-state index contributed by atoms with van der Waals surface area (Å²) in [6.45, 7) is 0. The Morgan fingerprint density at radius 2 is 1.84 bits per heavy atom. The van der Waals surface area contributed by atoms with E-state index in [1.165, 1.54) is 16.9 Å². The van der Waals surface area contributed by atoms with Crippen molar-refractivity contribution in [3.63, 3.8) is 0 Å². The van der Waals surface area contributed by atoms with E-state index < -0.39 is 0 Å². The average Bonchev–Trinajstić information content (AvgIpc) is 3.23. The Morgan fingerprint density at radius 3 is 2.72 bits per heavy atom. The van der Waals surface area contributed by atoms with Crippen LogP contribution in [0.5, 0.6) is 0 Å². The van der Waals surface area contributed by atoms with E-state index >= 15 is 0 Å². The lowest BCUT2D eigenvalue weighted by molar-refractivity contribution is -0.115. The molecule has 1 amide bonds. The first-order valence-corrected chi connectivity index (χ1v) is 8.81. The number of benzene rings is 2. The molecule has 0 fully saturated rings. The van der Waals surface area contributed by atoms with Gasteiger partial charge in [-0.3, -0.25) is 4.79 Å². The number of aromatic amines is 1. The van der Waals surface area contributed by atoms with E-state index in [4.69, 9.17) is 0 Å². The predicted molar refractivity (Wildman–Crippen MR) is 99.8 cm³/mol. The van der Waals surface area contributed by atoms with Gasteiger partial charge in [-0.1, -0.05) is 59.9 Å². The van der Waals surface area contributed by atoms with E-state index in [1.807, 2.05) is 48.7 Å². The smallest absolute Gasteiger partial charge is 0.230 e. The van der Waals surface area contributed by atoms with Gasteiger partial charge in [0.2, 0.25) is 11.0 Å². The fourth-order valence-electron chi connectivity index (χ4n) is 2.76. The molecule has 4 aromatic rings. The minimum atomic E-state index is -0.0906. The third-order valence-corrected chi connectivity index (χ3v) is 4.78. The zero-order valence-corrected chi connectivity index (χ0v) is 14.2. The Balaban J connectivity index is 1.41. The van der Waals surface area contributed by atoms with Gasteiger partial charge in [-0.2, -0.15) is 0 Å². The maximum absolute atomic E-state index is 12.3. The van der Waals surface area contributed by atoms with Crippen LogP contribution in [0, 0.1) is 0 Å². The standard InChI is InChI=1S/C19H16N4OS/c24-17(11-14-12-20-16-9-5-4-8-15(14)16)21-19-23-22-18(25-19)10-13-6-2-1-3-7-13/h1-9,12,20H,10-11H2,(H,21,23,24). The van der Waals surface area contributed by atoms with Crippen molar-refractivity contribution in [2.45, 2.75) is 12.8 Å². The maximum Gasteiger partial charge on any atom is 0.230 e. The van der Waals surface area contributed by atoms with Crippen LogP contribution in [-0.4, -0.2) is 21.1 Å². The van der Waals surface area contributed by atoms with Gasteiger partial charge < -0.3 is 10.3 Å². The number of carbonyl (C=O) groups is 1. The molecule has 0 aliphatic carbocycles. The third-order valence-electron chi connectivity index (χ3n) is 3.94. The summed E-state index contributed by atoms with van der Waals surface area (Å²) in [5.41, 5.74) is 3.18. The molecule has 124 valence electrons. The van der Waals surface area contributed by atoms with Gasteiger partial charge in [-0.25, -0.2) is 0 Å². The average molecular weight is 348 g/mol. The summed E-state index contributed by atoms with van der Waals surface area (Å²) >= 11 is 1.41. The molecule has 0 bridgehead atoms. The number of anilines is 1. The van der Waals surface area contributed by atoms with Crippen molar-refractivity contribution >= 4 is 33.3 Å². The van der Waals surface area contributed by atoms with Crippen molar-refractivity contribution < 1.29 is 4.79 Å². The number of hydrogen-bond acceptors (Lipinski definition) is 4. The molecular formula is C19H16N4OS. The Hall–Kier alpha value is -2.99. The molecule has 0 saturated carbocycles. The highest BCUT2D eigenvalue weighted by Gasteiger charge is 2.12. The number of nitrogens with zero attached hydrogens (tertiary/aromatic N) is 2. The van der Waals surface area contributed by atoms with Crippen LogP contribution in [0.2, 0.25) is 0 Å². The van der Waals surface area contributed by atoms with Crippen molar-refractivity contribution in [2.24, 2.45) is 0 Å². The van der Waals surface area contributed by atoms with Crippen LogP contribution >= 0.6 is 11.3 Å². The molecular weight excluding hydrogens is 332 g/mol. The molecule has 4 rings (SSSR count). The number of H-pyrrole nitrogens is 1. The molecule has 2 aromatic carbocycles. The van der Waals surface area contributed by atoms with Gasteiger partial charge in [0.15, 0.2) is 0 Å². The Kier molecular flexibility index (Phi) is 4.26. The van der Waals surface area contributed by atoms with Crippen molar-refractivity contribution in [1.29, 1.82) is 0 Å². The summed E-state index contributed by atoms with van der Waals surface area (Å²) in [5.74, 6) is -0.0906. The largest absolute Gasteiger partial charge is 0.361 e. The molecule has 5 nitrogen and oxygen atoms in total. The summed E-state index contributed by atoms with van der Waals surface area (Å²) in [6, 6.07) is 18.0. The Bertz CT molecular complexity index is 1010. The number of hydrogen-bond donors (Lipinski definition) is 2. The normalized spacial score (nSPS) is 10.9. The van der Waals surface area contributed by atoms with Crippen molar-refractivity contribution in [2.75, 3.05) is 5.32 Å². The summed E-state index contributed by atoms with van der Waals surface area (Å²) in [4.78, 5) is 15.5. The molecule has 2 aromatic heterocycles. The van der Waals surface area contributed by atoms with Gasteiger partial charge in [-0.05, 0) is 17.2 Å². The van der Waals surface area contributed by atoms with Crippen molar-refractivity contribution in [3.05, 3.63) is 76.9 Å². The van der Waals surface area contributed by atoms with Crippen molar-refractivity contribution in [3.8, 4) is 0 Å². The van der Waals surface area contributed by atoms with E-state index in [1.54, 1.807) is 0 Å². The minimum absolute atomic E-state index is 0.0906. The van der Waals surface area contributed by atoms with Gasteiger partial charge in [0.05, 0.1) is 6.42 Å². The molecule has 0 aliphatic heterocycles. The molecule has 25 heavy (non-hydrogen) atoms. The lowest BCUT2D eigenvalue weighted by atomic mass is 10.1. The van der Waals surface area contributed by atoms with E-state index in [-0.39, 0.29) is 5.91 Å². The molecule has 6 heteroatoms. The molecule has 0 radical (unpaired) electrons. The fourth-order valence-corrected chi connectivity index (χ4v) is 3.55. The number of carbonyl (C=O) groups excluding carboxylic acids is 1. The van der Waals surface area contributed by atoms with Gasteiger partial charge >= 0.3 is 0 Å². The van der Waals surface area contributed by atoms with Crippen LogP contribution in [0.4, 0.5) is 5.13 Å². The van der Waals surface area contributed by atoms with Crippen LogP contribution in [0.1, 0.15) is 16.1 Å². The number of aromatic nitrogens is 3. The summed E-state index contributed by atoms with van der Waals surface area (Å²) in [6.07, 6.45) is 2.90. The highest BCUT2D eigenvalue weighted by atomic mass is 32.1. The molecule has 0 spiro atoms. The molecule has 0 unspecified atom stereocenters.